The van der Waals surface area contributed by atoms with Crippen LogP contribution in [0.15, 0.2) is 65.9 Å². The summed E-state index contributed by atoms with van der Waals surface area (Å²) in [6.45, 7) is 1.15. The number of hydrogen-bond acceptors (Lipinski definition) is 6. The lowest BCUT2D eigenvalue weighted by Gasteiger charge is -2.26. The van der Waals surface area contributed by atoms with Crippen molar-refractivity contribution in [2.24, 2.45) is 10.7 Å². The van der Waals surface area contributed by atoms with Gasteiger partial charge in [-0.2, -0.15) is 8.78 Å². The molecule has 0 spiro atoms. The number of amidine groups is 1. The maximum absolute atomic E-state index is 12.6. The van der Waals surface area contributed by atoms with Gasteiger partial charge in [0.1, 0.15) is 18.1 Å². The Bertz CT molecular complexity index is 1140. The van der Waals surface area contributed by atoms with Crippen molar-refractivity contribution in [1.29, 1.82) is 0 Å². The Balaban J connectivity index is 0.00000149. The topological polar surface area (TPSA) is 79.0 Å². The average Bonchev–Trinajstić information content (AvgIpc) is 3.24. The summed E-state index contributed by atoms with van der Waals surface area (Å²) in [7, 11) is 1.57. The third-order valence-corrected chi connectivity index (χ3v) is 5.27. The molecule has 0 radical (unpaired) electrons. The van der Waals surface area contributed by atoms with Crippen LogP contribution in [0.5, 0.6) is 11.5 Å². The molecule has 6 nitrogen and oxygen atoms in total. The molecule has 1 atom stereocenters. The van der Waals surface area contributed by atoms with Crippen molar-refractivity contribution in [1.82, 2.24) is 4.98 Å². The third kappa shape index (κ3) is 5.17. The fourth-order valence-corrected chi connectivity index (χ4v) is 3.71. The highest BCUT2D eigenvalue weighted by molar-refractivity contribution is 6.32. The van der Waals surface area contributed by atoms with Crippen LogP contribution in [0, 0.1) is 0 Å². The van der Waals surface area contributed by atoms with E-state index < -0.39 is 12.2 Å². The highest BCUT2D eigenvalue weighted by Gasteiger charge is 2.40. The molecular weight excluding hydrogens is 452 g/mol. The number of rotatable bonds is 6. The van der Waals surface area contributed by atoms with Gasteiger partial charge in [-0.25, -0.2) is 4.99 Å². The molecule has 2 N–H and O–H groups in total. The first-order chi connectivity index (χ1) is 15.9. The average molecular weight is 476 g/mol. The van der Waals surface area contributed by atoms with Crippen molar-refractivity contribution in [3.8, 4) is 22.6 Å². The van der Waals surface area contributed by atoms with Crippen LogP contribution in [0.4, 0.5) is 8.78 Å². The van der Waals surface area contributed by atoms with Crippen molar-refractivity contribution in [2.75, 3.05) is 13.7 Å². The third-order valence-electron chi connectivity index (χ3n) is 4.98. The standard InChI is InChI=1S/C22H18ClF2N3O3.C2H6/c1-29-17-8-14(10-27-11-17)13-3-2-4-15(7-13)22(12-30-21(26)28-22)16-5-6-19(18(23)9-16)31-20(24)25;1-2/h2-11,20H,12H2,1H3,(H2,26,28);1-2H3. The summed E-state index contributed by atoms with van der Waals surface area (Å²) in [6.07, 6.45) is 3.35. The molecule has 0 saturated heterocycles. The zero-order valence-electron chi connectivity index (χ0n) is 18.4. The smallest absolute Gasteiger partial charge is 0.387 e. The number of hydrogen-bond donors (Lipinski definition) is 1. The predicted octanol–water partition coefficient (Wildman–Crippen LogP) is 5.63. The maximum atomic E-state index is 12.6. The van der Waals surface area contributed by atoms with E-state index in [1.165, 1.54) is 12.1 Å². The van der Waals surface area contributed by atoms with Gasteiger partial charge in [-0.1, -0.05) is 49.7 Å². The van der Waals surface area contributed by atoms with E-state index in [2.05, 4.69) is 14.7 Å². The van der Waals surface area contributed by atoms with Gasteiger partial charge in [-0.3, -0.25) is 4.98 Å². The molecule has 1 unspecified atom stereocenters. The van der Waals surface area contributed by atoms with Gasteiger partial charge in [0.25, 0.3) is 6.02 Å². The zero-order valence-corrected chi connectivity index (χ0v) is 19.1. The summed E-state index contributed by atoms with van der Waals surface area (Å²) in [5, 5.41) is 0.0333. The number of aliphatic imine (C=N–C) groups is 1. The Morgan fingerprint density at radius 1 is 1.06 bits per heavy atom. The molecule has 0 aliphatic carbocycles. The summed E-state index contributed by atoms with van der Waals surface area (Å²) < 4.78 is 40.4. The van der Waals surface area contributed by atoms with Crippen LogP contribution in [0.25, 0.3) is 11.1 Å². The largest absolute Gasteiger partial charge is 0.495 e. The number of nitrogens with two attached hydrogens (primary N) is 1. The minimum absolute atomic E-state index is 0.0254. The van der Waals surface area contributed by atoms with E-state index in [-0.39, 0.29) is 23.4 Å². The van der Waals surface area contributed by atoms with E-state index in [1.807, 2.05) is 44.2 Å². The van der Waals surface area contributed by atoms with Crippen molar-refractivity contribution in [3.63, 3.8) is 0 Å². The number of methoxy groups -OCH3 is 1. The van der Waals surface area contributed by atoms with E-state index in [0.717, 1.165) is 16.7 Å². The zero-order chi connectivity index (χ0) is 24.0. The maximum Gasteiger partial charge on any atom is 0.387 e. The summed E-state index contributed by atoms with van der Waals surface area (Å²) in [5.74, 6) is 0.508. The van der Waals surface area contributed by atoms with Crippen LogP contribution < -0.4 is 15.2 Å². The lowest BCUT2D eigenvalue weighted by Crippen LogP contribution is -2.27. The van der Waals surface area contributed by atoms with Crippen LogP contribution in [-0.4, -0.2) is 31.3 Å². The Morgan fingerprint density at radius 2 is 1.82 bits per heavy atom. The van der Waals surface area contributed by atoms with Gasteiger partial charge < -0.3 is 19.9 Å². The van der Waals surface area contributed by atoms with E-state index in [4.69, 9.17) is 26.8 Å². The van der Waals surface area contributed by atoms with E-state index in [0.29, 0.717) is 11.3 Å². The highest BCUT2D eigenvalue weighted by Crippen LogP contribution is 2.41. The minimum Gasteiger partial charge on any atom is -0.495 e. The first-order valence-electron chi connectivity index (χ1n) is 10.2. The number of nitrogens with zero attached hydrogens (tertiary/aromatic N) is 2. The lowest BCUT2D eigenvalue weighted by atomic mass is 9.83. The van der Waals surface area contributed by atoms with Gasteiger partial charge in [0.15, 0.2) is 5.54 Å². The molecule has 1 aliphatic rings. The first-order valence-corrected chi connectivity index (χ1v) is 10.6. The second-order valence-corrected chi connectivity index (χ2v) is 7.22. The fraction of sp³-hybridized carbons (Fsp3) is 0.250. The molecule has 0 bridgehead atoms. The molecular formula is C24H24ClF2N3O3. The Morgan fingerprint density at radius 3 is 2.45 bits per heavy atom. The molecule has 2 aromatic carbocycles. The molecule has 0 saturated carbocycles. The molecule has 3 aromatic rings. The van der Waals surface area contributed by atoms with Gasteiger partial charge in [0.05, 0.1) is 18.3 Å². The molecule has 0 fully saturated rings. The van der Waals surface area contributed by atoms with Gasteiger partial charge >= 0.3 is 6.61 Å². The van der Waals surface area contributed by atoms with Crippen molar-refractivity contribution < 1.29 is 23.0 Å². The Kier molecular flexibility index (Phi) is 7.71. The van der Waals surface area contributed by atoms with E-state index in [9.17, 15) is 8.78 Å². The van der Waals surface area contributed by atoms with Gasteiger partial charge in [0.2, 0.25) is 0 Å². The minimum atomic E-state index is -2.98. The molecule has 2 heterocycles. The second kappa shape index (κ2) is 10.5. The van der Waals surface area contributed by atoms with Gasteiger partial charge in [-0.05, 0) is 41.0 Å². The molecule has 4 rings (SSSR count). The van der Waals surface area contributed by atoms with Gasteiger partial charge in [0, 0.05) is 11.8 Å². The van der Waals surface area contributed by atoms with Crippen LogP contribution in [-0.2, 0) is 10.3 Å². The van der Waals surface area contributed by atoms with Gasteiger partial charge in [-0.15, -0.1) is 0 Å². The number of benzene rings is 2. The molecule has 0 amide bonds. The van der Waals surface area contributed by atoms with Crippen LogP contribution >= 0.6 is 11.6 Å². The molecule has 33 heavy (non-hydrogen) atoms. The molecule has 174 valence electrons. The monoisotopic (exact) mass is 475 g/mol. The van der Waals surface area contributed by atoms with Crippen LogP contribution in [0.2, 0.25) is 5.02 Å². The SMILES string of the molecule is CC.COc1cncc(-c2cccc(C3(c4ccc(OC(F)F)c(Cl)c4)COC(N)=N3)c2)c1. The molecule has 1 aliphatic heterocycles. The number of aromatic nitrogens is 1. The fourth-order valence-electron chi connectivity index (χ4n) is 3.49. The summed E-state index contributed by atoms with van der Waals surface area (Å²) in [5.41, 5.74) is 7.99. The van der Waals surface area contributed by atoms with E-state index in [1.54, 1.807) is 25.6 Å². The Hall–Kier alpha value is -3.39. The molecule has 9 heteroatoms. The molecule has 1 aromatic heterocycles. The summed E-state index contributed by atoms with van der Waals surface area (Å²) >= 11 is 6.20. The summed E-state index contributed by atoms with van der Waals surface area (Å²) in [6, 6.07) is 14.1. The quantitative estimate of drug-likeness (QED) is 0.500. The number of alkyl halides is 2. The van der Waals surface area contributed by atoms with Crippen molar-refractivity contribution in [3.05, 3.63) is 77.1 Å². The van der Waals surface area contributed by atoms with Crippen LogP contribution in [0.3, 0.4) is 0 Å². The normalized spacial score (nSPS) is 17.0. The number of halogens is 3. The lowest BCUT2D eigenvalue weighted by molar-refractivity contribution is -0.0498. The highest BCUT2D eigenvalue weighted by atomic mass is 35.5. The van der Waals surface area contributed by atoms with Crippen LogP contribution in [0.1, 0.15) is 25.0 Å². The predicted molar refractivity (Wildman–Crippen MR) is 124 cm³/mol. The number of pyridine rings is 1. The number of ether oxygens (including phenoxy) is 3. The van der Waals surface area contributed by atoms with Crippen molar-refractivity contribution in [2.45, 2.75) is 26.0 Å². The second-order valence-electron chi connectivity index (χ2n) is 6.82. The van der Waals surface area contributed by atoms with E-state index >= 15 is 0 Å². The summed E-state index contributed by atoms with van der Waals surface area (Å²) in [4.78, 5) is 8.75. The first kappa shape index (κ1) is 24.3. The van der Waals surface area contributed by atoms with Crippen molar-refractivity contribution >= 4 is 17.6 Å². The Labute approximate surface area is 196 Å².